The molecule has 1 aliphatic rings. The van der Waals surface area contributed by atoms with Crippen LogP contribution in [0.5, 0.6) is 5.75 Å². The Bertz CT molecular complexity index is 958. The molecule has 124 valence electrons. The highest BCUT2D eigenvalue weighted by Crippen LogP contribution is 2.32. The van der Waals surface area contributed by atoms with E-state index >= 15 is 0 Å². The van der Waals surface area contributed by atoms with E-state index in [0.717, 1.165) is 16.8 Å². The van der Waals surface area contributed by atoms with Gasteiger partial charge in [0.1, 0.15) is 5.75 Å². The summed E-state index contributed by atoms with van der Waals surface area (Å²) in [5.74, 6) is 1.62. The summed E-state index contributed by atoms with van der Waals surface area (Å²) in [5, 5.41) is 6.65. The van der Waals surface area contributed by atoms with E-state index in [0.29, 0.717) is 23.0 Å². The lowest BCUT2D eigenvalue weighted by Gasteiger charge is -2.04. The highest BCUT2D eigenvalue weighted by molar-refractivity contribution is 6.34. The number of amides is 1. The molecule has 25 heavy (non-hydrogen) atoms. The van der Waals surface area contributed by atoms with Gasteiger partial charge in [-0.25, -0.2) is 0 Å². The van der Waals surface area contributed by atoms with E-state index in [2.05, 4.69) is 15.5 Å². The number of aryl methyl sites for hydroxylation is 1. The number of hydrogen-bond acceptors (Lipinski definition) is 5. The van der Waals surface area contributed by atoms with E-state index in [1.807, 2.05) is 54.6 Å². The first kappa shape index (κ1) is 15.1. The SMILES string of the molecule is Cc1nc(COc2ccc(/C=C3\C(=O)Nc4ccccc43)cc2)no1. The molecule has 6 nitrogen and oxygen atoms in total. The summed E-state index contributed by atoms with van der Waals surface area (Å²) >= 11 is 0. The van der Waals surface area contributed by atoms with Crippen LogP contribution in [-0.4, -0.2) is 16.0 Å². The monoisotopic (exact) mass is 333 g/mol. The van der Waals surface area contributed by atoms with Crippen LogP contribution in [0.4, 0.5) is 5.69 Å². The van der Waals surface area contributed by atoms with Gasteiger partial charge in [0.25, 0.3) is 5.91 Å². The largest absolute Gasteiger partial charge is 0.485 e. The Morgan fingerprint density at radius 1 is 1.16 bits per heavy atom. The number of para-hydroxylation sites is 1. The van der Waals surface area contributed by atoms with E-state index in [1.54, 1.807) is 6.92 Å². The van der Waals surface area contributed by atoms with E-state index in [9.17, 15) is 4.79 Å². The lowest BCUT2D eigenvalue weighted by molar-refractivity contribution is -0.110. The minimum absolute atomic E-state index is 0.0889. The molecule has 0 aliphatic carbocycles. The fourth-order valence-electron chi connectivity index (χ4n) is 2.66. The second-order valence-corrected chi connectivity index (χ2v) is 5.65. The maximum absolute atomic E-state index is 12.1. The summed E-state index contributed by atoms with van der Waals surface area (Å²) in [6.07, 6.45) is 1.87. The van der Waals surface area contributed by atoms with Crippen LogP contribution in [0.3, 0.4) is 0 Å². The van der Waals surface area contributed by atoms with Gasteiger partial charge in [-0.05, 0) is 29.8 Å². The lowest BCUT2D eigenvalue weighted by atomic mass is 10.0. The highest BCUT2D eigenvalue weighted by Gasteiger charge is 2.23. The summed E-state index contributed by atoms with van der Waals surface area (Å²) in [7, 11) is 0. The van der Waals surface area contributed by atoms with Crippen molar-refractivity contribution in [3.8, 4) is 5.75 Å². The predicted molar refractivity (Wildman–Crippen MR) is 92.8 cm³/mol. The fraction of sp³-hybridized carbons (Fsp3) is 0.105. The molecule has 0 bridgehead atoms. The number of rotatable bonds is 4. The average molecular weight is 333 g/mol. The summed E-state index contributed by atoms with van der Waals surface area (Å²) in [6, 6.07) is 15.1. The van der Waals surface area contributed by atoms with E-state index in [4.69, 9.17) is 9.26 Å². The Balaban J connectivity index is 1.50. The Morgan fingerprint density at radius 2 is 1.96 bits per heavy atom. The van der Waals surface area contributed by atoms with E-state index in [-0.39, 0.29) is 12.5 Å². The van der Waals surface area contributed by atoms with Crippen molar-refractivity contribution >= 4 is 23.2 Å². The zero-order chi connectivity index (χ0) is 17.2. The molecule has 1 amide bonds. The number of hydrogen-bond donors (Lipinski definition) is 1. The molecule has 2 heterocycles. The smallest absolute Gasteiger partial charge is 0.256 e. The first-order chi connectivity index (χ1) is 12.2. The van der Waals surface area contributed by atoms with Gasteiger partial charge in [-0.2, -0.15) is 4.98 Å². The molecule has 0 atom stereocenters. The molecule has 1 aliphatic heterocycles. The van der Waals surface area contributed by atoms with Crippen molar-refractivity contribution in [1.82, 2.24) is 10.1 Å². The van der Waals surface area contributed by atoms with Gasteiger partial charge in [0.05, 0.1) is 0 Å². The van der Waals surface area contributed by atoms with Gasteiger partial charge >= 0.3 is 0 Å². The zero-order valence-electron chi connectivity index (χ0n) is 13.5. The van der Waals surface area contributed by atoms with Crippen molar-refractivity contribution in [3.63, 3.8) is 0 Å². The quantitative estimate of drug-likeness (QED) is 0.740. The highest BCUT2D eigenvalue weighted by atomic mass is 16.5. The molecule has 6 heteroatoms. The van der Waals surface area contributed by atoms with Crippen LogP contribution in [0.2, 0.25) is 0 Å². The number of nitrogens with zero attached hydrogens (tertiary/aromatic N) is 2. The third-order valence-electron chi connectivity index (χ3n) is 3.84. The Hall–Kier alpha value is -3.41. The van der Waals surface area contributed by atoms with Crippen molar-refractivity contribution in [1.29, 1.82) is 0 Å². The maximum Gasteiger partial charge on any atom is 0.256 e. The number of fused-ring (bicyclic) bond motifs is 1. The number of nitrogens with one attached hydrogen (secondary N) is 1. The molecule has 3 aromatic rings. The van der Waals surface area contributed by atoms with Crippen LogP contribution in [-0.2, 0) is 11.4 Å². The number of benzene rings is 2. The molecule has 1 N–H and O–H groups in total. The van der Waals surface area contributed by atoms with Gasteiger partial charge < -0.3 is 14.6 Å². The maximum atomic E-state index is 12.1. The molecular weight excluding hydrogens is 318 g/mol. The van der Waals surface area contributed by atoms with Crippen LogP contribution in [0.15, 0.2) is 53.1 Å². The number of ether oxygens (including phenoxy) is 1. The van der Waals surface area contributed by atoms with Crippen LogP contribution >= 0.6 is 0 Å². The van der Waals surface area contributed by atoms with Gasteiger partial charge in [-0.3, -0.25) is 4.79 Å². The lowest BCUT2D eigenvalue weighted by Crippen LogP contribution is -2.03. The van der Waals surface area contributed by atoms with E-state index < -0.39 is 0 Å². The second kappa shape index (κ2) is 6.24. The molecule has 2 aromatic carbocycles. The van der Waals surface area contributed by atoms with Crippen molar-refractivity contribution in [2.45, 2.75) is 13.5 Å². The summed E-state index contributed by atoms with van der Waals surface area (Å²) in [4.78, 5) is 16.2. The van der Waals surface area contributed by atoms with Crippen LogP contribution in [0.25, 0.3) is 11.6 Å². The number of anilines is 1. The third kappa shape index (κ3) is 3.14. The molecular formula is C19H15N3O3. The van der Waals surface area contributed by atoms with Crippen molar-refractivity contribution in [2.24, 2.45) is 0 Å². The molecule has 4 rings (SSSR count). The number of carbonyl (C=O) groups excluding carboxylic acids is 1. The topological polar surface area (TPSA) is 77.2 Å². The average Bonchev–Trinajstić information content (AvgIpc) is 3.18. The van der Waals surface area contributed by atoms with Gasteiger partial charge in [0.15, 0.2) is 6.61 Å². The molecule has 0 spiro atoms. The molecule has 1 aromatic heterocycles. The standard InChI is InChI=1S/C19H15N3O3/c1-12-20-18(22-25-12)11-24-14-8-6-13(7-9-14)10-16-15-4-2-3-5-17(15)21-19(16)23/h2-10H,11H2,1H3,(H,21,23)/b16-10-. The molecule has 0 unspecified atom stereocenters. The van der Waals surface area contributed by atoms with Crippen LogP contribution < -0.4 is 10.1 Å². The normalized spacial score (nSPS) is 14.4. The van der Waals surface area contributed by atoms with Gasteiger partial charge in [0.2, 0.25) is 11.7 Å². The minimum atomic E-state index is -0.0889. The van der Waals surface area contributed by atoms with Crippen molar-refractivity contribution < 1.29 is 14.1 Å². The number of carbonyl (C=O) groups is 1. The first-order valence-corrected chi connectivity index (χ1v) is 7.83. The number of aromatic nitrogens is 2. The second-order valence-electron chi connectivity index (χ2n) is 5.65. The van der Waals surface area contributed by atoms with Gasteiger partial charge in [-0.1, -0.05) is 35.5 Å². The predicted octanol–water partition coefficient (Wildman–Crippen LogP) is 3.45. The molecule has 0 radical (unpaired) electrons. The zero-order valence-corrected chi connectivity index (χ0v) is 13.5. The Kier molecular flexibility index (Phi) is 3.78. The summed E-state index contributed by atoms with van der Waals surface area (Å²) < 4.78 is 10.5. The van der Waals surface area contributed by atoms with Crippen molar-refractivity contribution in [2.75, 3.05) is 5.32 Å². The molecule has 0 saturated carbocycles. The Labute approximate surface area is 144 Å². The first-order valence-electron chi connectivity index (χ1n) is 7.83. The van der Waals surface area contributed by atoms with Crippen LogP contribution in [0.1, 0.15) is 22.8 Å². The van der Waals surface area contributed by atoms with Crippen LogP contribution in [0, 0.1) is 6.92 Å². The summed E-state index contributed by atoms with van der Waals surface area (Å²) in [6.45, 7) is 1.98. The van der Waals surface area contributed by atoms with Gasteiger partial charge in [0, 0.05) is 23.7 Å². The Morgan fingerprint density at radius 3 is 2.72 bits per heavy atom. The third-order valence-corrected chi connectivity index (χ3v) is 3.84. The van der Waals surface area contributed by atoms with Gasteiger partial charge in [-0.15, -0.1) is 0 Å². The minimum Gasteiger partial charge on any atom is -0.485 e. The summed E-state index contributed by atoms with van der Waals surface area (Å²) in [5.41, 5.74) is 3.34. The molecule has 0 saturated heterocycles. The fourth-order valence-corrected chi connectivity index (χ4v) is 2.66. The van der Waals surface area contributed by atoms with Crippen molar-refractivity contribution in [3.05, 3.63) is 71.4 Å². The van der Waals surface area contributed by atoms with E-state index in [1.165, 1.54) is 0 Å². The molecule has 0 fully saturated rings.